The summed E-state index contributed by atoms with van der Waals surface area (Å²) in [6, 6.07) is 4.74. The standard InChI is InChI=1S/C9H11FN2O/c10-9-3-7(4-11)1-2-8(9)5-12-6-13/h1-3,6H,4-5,11H2,(H,12,13). The highest BCUT2D eigenvalue weighted by molar-refractivity contribution is 5.46. The third kappa shape index (κ3) is 2.52. The van der Waals surface area contributed by atoms with E-state index in [-0.39, 0.29) is 12.4 Å². The lowest BCUT2D eigenvalue weighted by Crippen LogP contribution is -2.11. The highest BCUT2D eigenvalue weighted by Gasteiger charge is 2.01. The molecule has 0 fully saturated rings. The molecule has 1 aromatic carbocycles. The minimum absolute atomic E-state index is 0.209. The predicted molar refractivity (Wildman–Crippen MR) is 47.2 cm³/mol. The maximum Gasteiger partial charge on any atom is 0.207 e. The van der Waals surface area contributed by atoms with E-state index in [4.69, 9.17) is 5.73 Å². The molecule has 0 aromatic heterocycles. The Balaban J connectivity index is 2.78. The summed E-state index contributed by atoms with van der Waals surface area (Å²) >= 11 is 0. The number of carbonyl (C=O) groups excluding carboxylic acids is 1. The fraction of sp³-hybridized carbons (Fsp3) is 0.222. The molecule has 0 saturated carbocycles. The lowest BCUT2D eigenvalue weighted by atomic mass is 10.1. The first-order valence-electron chi connectivity index (χ1n) is 3.92. The van der Waals surface area contributed by atoms with Gasteiger partial charge >= 0.3 is 0 Å². The van der Waals surface area contributed by atoms with Crippen LogP contribution < -0.4 is 11.1 Å². The van der Waals surface area contributed by atoms with Gasteiger partial charge < -0.3 is 11.1 Å². The van der Waals surface area contributed by atoms with Crippen LogP contribution in [0.25, 0.3) is 0 Å². The van der Waals surface area contributed by atoms with E-state index >= 15 is 0 Å². The molecule has 1 rings (SSSR count). The van der Waals surface area contributed by atoms with Crippen LogP contribution in [-0.4, -0.2) is 6.41 Å². The van der Waals surface area contributed by atoms with Crippen LogP contribution in [0.1, 0.15) is 11.1 Å². The van der Waals surface area contributed by atoms with Crippen molar-refractivity contribution in [3.05, 3.63) is 35.1 Å². The first-order chi connectivity index (χ1) is 6.27. The Labute approximate surface area is 75.7 Å². The lowest BCUT2D eigenvalue weighted by molar-refractivity contribution is -0.109. The van der Waals surface area contributed by atoms with Gasteiger partial charge in [-0.05, 0) is 11.6 Å². The Bertz CT molecular complexity index is 302. The molecule has 0 saturated heterocycles. The molecule has 1 aromatic rings. The molecule has 3 N–H and O–H groups in total. The number of nitrogens with two attached hydrogens (primary N) is 1. The minimum atomic E-state index is -0.336. The van der Waals surface area contributed by atoms with E-state index < -0.39 is 0 Å². The van der Waals surface area contributed by atoms with Crippen LogP contribution in [0.5, 0.6) is 0 Å². The Morgan fingerprint density at radius 3 is 2.85 bits per heavy atom. The van der Waals surface area contributed by atoms with Crippen molar-refractivity contribution in [3.63, 3.8) is 0 Å². The Morgan fingerprint density at radius 2 is 2.31 bits per heavy atom. The summed E-state index contributed by atoms with van der Waals surface area (Å²) in [5.74, 6) is -0.336. The molecule has 1 amide bonds. The summed E-state index contributed by atoms with van der Waals surface area (Å²) in [6.45, 7) is 0.526. The minimum Gasteiger partial charge on any atom is -0.354 e. The molecule has 70 valence electrons. The first kappa shape index (κ1) is 9.67. The number of hydrogen-bond donors (Lipinski definition) is 2. The second kappa shape index (κ2) is 4.57. The quantitative estimate of drug-likeness (QED) is 0.667. The SMILES string of the molecule is NCc1ccc(CNC=O)c(F)c1. The summed E-state index contributed by atoms with van der Waals surface area (Å²) in [4.78, 5) is 9.96. The smallest absolute Gasteiger partial charge is 0.207 e. The maximum atomic E-state index is 13.1. The van der Waals surface area contributed by atoms with Gasteiger partial charge in [0.05, 0.1) is 0 Å². The average molecular weight is 182 g/mol. The van der Waals surface area contributed by atoms with Crippen LogP contribution in [0.15, 0.2) is 18.2 Å². The van der Waals surface area contributed by atoms with E-state index in [1.807, 2.05) is 0 Å². The number of benzene rings is 1. The lowest BCUT2D eigenvalue weighted by Gasteiger charge is -2.03. The van der Waals surface area contributed by atoms with Crippen LogP contribution in [-0.2, 0) is 17.9 Å². The van der Waals surface area contributed by atoms with Gasteiger partial charge in [-0.1, -0.05) is 12.1 Å². The zero-order chi connectivity index (χ0) is 9.68. The van der Waals surface area contributed by atoms with Crippen LogP contribution in [0.4, 0.5) is 4.39 Å². The molecule has 0 unspecified atom stereocenters. The Hall–Kier alpha value is -1.42. The number of halogens is 1. The number of rotatable bonds is 4. The van der Waals surface area contributed by atoms with Crippen molar-refractivity contribution in [1.82, 2.24) is 5.32 Å². The molecule has 0 aliphatic carbocycles. The van der Waals surface area contributed by atoms with Crippen molar-refractivity contribution in [2.75, 3.05) is 0 Å². The summed E-state index contributed by atoms with van der Waals surface area (Å²) in [5, 5.41) is 2.39. The molecule has 0 aliphatic heterocycles. The van der Waals surface area contributed by atoms with E-state index in [9.17, 15) is 9.18 Å². The molecular formula is C9H11FN2O. The Kier molecular flexibility index (Phi) is 3.40. The monoisotopic (exact) mass is 182 g/mol. The fourth-order valence-electron chi connectivity index (χ4n) is 1.01. The molecular weight excluding hydrogens is 171 g/mol. The van der Waals surface area contributed by atoms with Gasteiger partial charge in [0.1, 0.15) is 5.82 Å². The van der Waals surface area contributed by atoms with Gasteiger partial charge in [-0.3, -0.25) is 4.79 Å². The molecule has 0 aliphatic rings. The second-order valence-electron chi connectivity index (χ2n) is 2.63. The van der Waals surface area contributed by atoms with Gasteiger partial charge in [-0.2, -0.15) is 0 Å². The molecule has 0 bridgehead atoms. The fourth-order valence-corrected chi connectivity index (χ4v) is 1.01. The van der Waals surface area contributed by atoms with E-state index in [1.54, 1.807) is 12.1 Å². The number of amides is 1. The van der Waals surface area contributed by atoms with Gasteiger partial charge in [0, 0.05) is 18.7 Å². The van der Waals surface area contributed by atoms with Crippen molar-refractivity contribution >= 4 is 6.41 Å². The van der Waals surface area contributed by atoms with Crippen molar-refractivity contribution in [3.8, 4) is 0 Å². The highest BCUT2D eigenvalue weighted by Crippen LogP contribution is 2.09. The van der Waals surface area contributed by atoms with Crippen molar-refractivity contribution < 1.29 is 9.18 Å². The summed E-state index contributed by atoms with van der Waals surface area (Å²) in [7, 11) is 0. The highest BCUT2D eigenvalue weighted by atomic mass is 19.1. The van der Waals surface area contributed by atoms with E-state index in [0.717, 1.165) is 5.56 Å². The van der Waals surface area contributed by atoms with Crippen LogP contribution in [0.3, 0.4) is 0 Å². The van der Waals surface area contributed by atoms with E-state index in [2.05, 4.69) is 5.32 Å². The van der Waals surface area contributed by atoms with E-state index in [0.29, 0.717) is 18.5 Å². The molecule has 0 heterocycles. The summed E-state index contributed by atoms with van der Waals surface area (Å²) in [5.41, 5.74) is 6.54. The van der Waals surface area contributed by atoms with Crippen LogP contribution in [0.2, 0.25) is 0 Å². The van der Waals surface area contributed by atoms with Gasteiger partial charge in [0.25, 0.3) is 0 Å². The number of nitrogens with one attached hydrogen (secondary N) is 1. The number of carbonyl (C=O) groups is 1. The van der Waals surface area contributed by atoms with Crippen LogP contribution in [0, 0.1) is 5.82 Å². The van der Waals surface area contributed by atoms with Crippen molar-refractivity contribution in [2.45, 2.75) is 13.1 Å². The maximum absolute atomic E-state index is 13.1. The second-order valence-corrected chi connectivity index (χ2v) is 2.63. The number of hydrogen-bond acceptors (Lipinski definition) is 2. The largest absolute Gasteiger partial charge is 0.354 e. The Morgan fingerprint density at radius 1 is 1.54 bits per heavy atom. The zero-order valence-corrected chi connectivity index (χ0v) is 7.09. The molecule has 3 nitrogen and oxygen atoms in total. The molecule has 4 heteroatoms. The average Bonchev–Trinajstić information content (AvgIpc) is 2.16. The van der Waals surface area contributed by atoms with Gasteiger partial charge in [0.2, 0.25) is 6.41 Å². The molecule has 0 radical (unpaired) electrons. The van der Waals surface area contributed by atoms with Crippen LogP contribution >= 0.6 is 0 Å². The summed E-state index contributed by atoms with van der Waals surface area (Å²) < 4.78 is 13.1. The molecule has 0 spiro atoms. The molecule has 13 heavy (non-hydrogen) atoms. The van der Waals surface area contributed by atoms with Gasteiger partial charge in [0.15, 0.2) is 0 Å². The normalized spacial score (nSPS) is 9.69. The van der Waals surface area contributed by atoms with Gasteiger partial charge in [-0.25, -0.2) is 4.39 Å². The summed E-state index contributed by atoms with van der Waals surface area (Å²) in [6.07, 6.45) is 0.538. The van der Waals surface area contributed by atoms with E-state index in [1.165, 1.54) is 6.07 Å². The third-order valence-corrected chi connectivity index (χ3v) is 1.73. The first-order valence-corrected chi connectivity index (χ1v) is 3.92. The van der Waals surface area contributed by atoms with Gasteiger partial charge in [-0.15, -0.1) is 0 Å². The third-order valence-electron chi connectivity index (χ3n) is 1.73. The molecule has 0 atom stereocenters. The van der Waals surface area contributed by atoms with Crippen molar-refractivity contribution in [2.24, 2.45) is 5.73 Å². The zero-order valence-electron chi connectivity index (χ0n) is 7.09. The topological polar surface area (TPSA) is 55.1 Å². The van der Waals surface area contributed by atoms with Crippen molar-refractivity contribution in [1.29, 1.82) is 0 Å². The predicted octanol–water partition coefficient (Wildman–Crippen LogP) is 0.530.